The van der Waals surface area contributed by atoms with E-state index in [9.17, 15) is 9.59 Å². The van der Waals surface area contributed by atoms with Gasteiger partial charge in [0.15, 0.2) is 0 Å². The molecular weight excluding hydrogens is 206 g/mol. The average Bonchev–Trinajstić information content (AvgIpc) is 2.18. The Bertz CT molecular complexity index is 309. The predicted octanol–water partition coefficient (Wildman–Crippen LogP) is 1.36. The topological polar surface area (TPSA) is 55.4 Å². The summed E-state index contributed by atoms with van der Waals surface area (Å²) in [6.45, 7) is 0. The Morgan fingerprint density at radius 2 is 2.50 bits per heavy atom. The number of carbonyl (C=O) groups is 2. The van der Waals surface area contributed by atoms with Gasteiger partial charge < -0.3 is 10.1 Å². The highest BCUT2D eigenvalue weighted by atomic mass is 35.5. The molecule has 0 saturated heterocycles. The number of rotatable bonds is 2. The van der Waals surface area contributed by atoms with Crippen LogP contribution in [0.3, 0.4) is 0 Å². The quantitative estimate of drug-likeness (QED) is 0.708. The van der Waals surface area contributed by atoms with Crippen molar-refractivity contribution in [2.45, 2.75) is 12.5 Å². The largest absolute Gasteiger partial charge is 0.453 e. The lowest BCUT2D eigenvalue weighted by molar-refractivity contribution is -0.105. The molecule has 1 unspecified atom stereocenters. The molecule has 1 amide bonds. The molecule has 4 nitrogen and oxygen atoms in total. The number of aldehydes is 1. The minimum Gasteiger partial charge on any atom is -0.453 e. The summed E-state index contributed by atoms with van der Waals surface area (Å²) in [5.41, 5.74) is 0.375. The van der Waals surface area contributed by atoms with E-state index in [2.05, 4.69) is 10.1 Å². The lowest BCUT2D eigenvalue weighted by Crippen LogP contribution is -2.37. The summed E-state index contributed by atoms with van der Waals surface area (Å²) in [6, 6.07) is -0.391. The molecule has 76 valence electrons. The van der Waals surface area contributed by atoms with Crippen LogP contribution in [0.4, 0.5) is 4.79 Å². The van der Waals surface area contributed by atoms with E-state index in [1.807, 2.05) is 0 Å². The zero-order valence-electron chi connectivity index (χ0n) is 7.62. The number of carbonyl (C=O) groups excluding carboxylic acids is 2. The SMILES string of the molecule is COC(=O)NC1CC=CC(Cl)=C1C=O. The van der Waals surface area contributed by atoms with Crippen LogP contribution < -0.4 is 5.32 Å². The number of allylic oxidation sites excluding steroid dienone is 2. The molecule has 0 spiro atoms. The summed E-state index contributed by atoms with van der Waals surface area (Å²) >= 11 is 5.77. The number of halogens is 1. The van der Waals surface area contributed by atoms with Crippen molar-refractivity contribution < 1.29 is 14.3 Å². The highest BCUT2D eigenvalue weighted by Crippen LogP contribution is 2.20. The molecule has 0 aromatic heterocycles. The number of ether oxygens (including phenoxy) is 1. The molecular formula is C9H10ClNO3. The van der Waals surface area contributed by atoms with Crippen molar-refractivity contribution in [2.24, 2.45) is 0 Å². The van der Waals surface area contributed by atoms with E-state index in [-0.39, 0.29) is 0 Å². The molecule has 1 atom stereocenters. The first kappa shape index (κ1) is 10.8. The summed E-state index contributed by atoms with van der Waals surface area (Å²) in [5.74, 6) is 0. The standard InChI is InChI=1S/C9H10ClNO3/c1-14-9(13)11-8-4-2-3-7(10)6(8)5-12/h2-3,5,8H,4H2,1H3,(H,11,13). The van der Waals surface area contributed by atoms with Crippen molar-refractivity contribution in [2.75, 3.05) is 7.11 Å². The number of nitrogens with one attached hydrogen (secondary N) is 1. The van der Waals surface area contributed by atoms with Crippen LogP contribution in [0, 0.1) is 0 Å². The molecule has 1 rings (SSSR count). The van der Waals surface area contributed by atoms with Gasteiger partial charge in [-0.3, -0.25) is 4.79 Å². The van der Waals surface area contributed by atoms with Gasteiger partial charge in [-0.2, -0.15) is 0 Å². The summed E-state index contributed by atoms with van der Waals surface area (Å²) in [6.07, 6.45) is 4.04. The van der Waals surface area contributed by atoms with Crippen LogP contribution in [0.15, 0.2) is 22.8 Å². The molecule has 0 radical (unpaired) electrons. The number of hydrogen-bond acceptors (Lipinski definition) is 3. The predicted molar refractivity (Wildman–Crippen MR) is 52.0 cm³/mol. The van der Waals surface area contributed by atoms with Gasteiger partial charge in [0.05, 0.1) is 13.2 Å². The molecule has 5 heteroatoms. The molecule has 1 aliphatic rings. The van der Waals surface area contributed by atoms with E-state index in [0.717, 1.165) is 0 Å². The smallest absolute Gasteiger partial charge is 0.407 e. The lowest BCUT2D eigenvalue weighted by atomic mass is 10.0. The fraction of sp³-hybridized carbons (Fsp3) is 0.333. The number of alkyl carbamates (subject to hydrolysis) is 1. The van der Waals surface area contributed by atoms with Crippen LogP contribution in [0.25, 0.3) is 0 Å². The van der Waals surface area contributed by atoms with Gasteiger partial charge in [-0.25, -0.2) is 4.79 Å². The first-order chi connectivity index (χ1) is 6.69. The average molecular weight is 216 g/mol. The molecule has 0 bridgehead atoms. The first-order valence-electron chi connectivity index (χ1n) is 4.05. The van der Waals surface area contributed by atoms with E-state index in [1.165, 1.54) is 7.11 Å². The zero-order chi connectivity index (χ0) is 10.6. The minimum absolute atomic E-state index is 0.354. The Hall–Kier alpha value is -1.29. The number of hydrogen-bond donors (Lipinski definition) is 1. The maximum atomic E-state index is 10.9. The molecule has 0 aromatic rings. The monoisotopic (exact) mass is 215 g/mol. The molecule has 1 aliphatic carbocycles. The summed E-state index contributed by atoms with van der Waals surface area (Å²) in [4.78, 5) is 21.6. The Morgan fingerprint density at radius 1 is 1.79 bits per heavy atom. The molecule has 1 N–H and O–H groups in total. The van der Waals surface area contributed by atoms with Gasteiger partial charge in [0.25, 0.3) is 0 Å². The fourth-order valence-electron chi connectivity index (χ4n) is 1.17. The third-order valence-corrected chi connectivity index (χ3v) is 2.24. The van der Waals surface area contributed by atoms with Gasteiger partial charge in [-0.1, -0.05) is 17.7 Å². The van der Waals surface area contributed by atoms with Gasteiger partial charge in [-0.15, -0.1) is 0 Å². The third-order valence-electron chi connectivity index (χ3n) is 1.89. The maximum absolute atomic E-state index is 10.9. The van der Waals surface area contributed by atoms with Crippen LogP contribution in [-0.2, 0) is 9.53 Å². The summed E-state index contributed by atoms with van der Waals surface area (Å²) in [5, 5.41) is 2.87. The Kier molecular flexibility index (Phi) is 3.71. The third kappa shape index (κ3) is 2.35. The first-order valence-corrected chi connectivity index (χ1v) is 4.42. The molecule has 0 saturated carbocycles. The molecule has 0 aromatic carbocycles. The molecule has 14 heavy (non-hydrogen) atoms. The molecule has 0 fully saturated rings. The van der Waals surface area contributed by atoms with Crippen molar-refractivity contribution in [3.8, 4) is 0 Å². The van der Waals surface area contributed by atoms with Gasteiger partial charge >= 0.3 is 6.09 Å². The number of amides is 1. The van der Waals surface area contributed by atoms with Crippen LogP contribution in [0.1, 0.15) is 6.42 Å². The lowest BCUT2D eigenvalue weighted by Gasteiger charge is -2.19. The van der Waals surface area contributed by atoms with Gasteiger partial charge in [0.2, 0.25) is 0 Å². The second-order valence-electron chi connectivity index (χ2n) is 2.75. The highest BCUT2D eigenvalue weighted by molar-refractivity contribution is 6.33. The Balaban J connectivity index is 2.76. The summed E-state index contributed by atoms with van der Waals surface area (Å²) in [7, 11) is 1.26. The van der Waals surface area contributed by atoms with Gasteiger partial charge in [-0.05, 0) is 12.5 Å². The maximum Gasteiger partial charge on any atom is 0.407 e. The molecule has 0 aliphatic heterocycles. The van der Waals surface area contributed by atoms with Crippen molar-refractivity contribution in [1.29, 1.82) is 0 Å². The normalized spacial score (nSPS) is 20.6. The second kappa shape index (κ2) is 4.81. The van der Waals surface area contributed by atoms with Gasteiger partial charge in [0, 0.05) is 10.6 Å². The van der Waals surface area contributed by atoms with E-state index in [1.54, 1.807) is 12.2 Å². The van der Waals surface area contributed by atoms with Crippen molar-refractivity contribution in [3.63, 3.8) is 0 Å². The van der Waals surface area contributed by atoms with Crippen LogP contribution in [0.5, 0.6) is 0 Å². The van der Waals surface area contributed by atoms with Crippen LogP contribution in [-0.4, -0.2) is 25.5 Å². The van der Waals surface area contributed by atoms with E-state index < -0.39 is 12.1 Å². The Labute approximate surface area is 86.6 Å². The molecule has 0 heterocycles. The fourth-order valence-corrected chi connectivity index (χ4v) is 1.44. The van der Waals surface area contributed by atoms with Crippen LogP contribution in [0.2, 0.25) is 0 Å². The van der Waals surface area contributed by atoms with E-state index in [0.29, 0.717) is 23.3 Å². The van der Waals surface area contributed by atoms with Crippen molar-refractivity contribution >= 4 is 24.0 Å². The summed E-state index contributed by atoms with van der Waals surface area (Å²) < 4.78 is 4.43. The van der Waals surface area contributed by atoms with Crippen molar-refractivity contribution in [3.05, 3.63) is 22.8 Å². The van der Waals surface area contributed by atoms with E-state index >= 15 is 0 Å². The highest BCUT2D eigenvalue weighted by Gasteiger charge is 2.20. The minimum atomic E-state index is -0.575. The zero-order valence-corrected chi connectivity index (χ0v) is 8.38. The van der Waals surface area contributed by atoms with Gasteiger partial charge in [0.1, 0.15) is 6.29 Å². The Morgan fingerprint density at radius 3 is 3.07 bits per heavy atom. The van der Waals surface area contributed by atoms with Crippen molar-refractivity contribution in [1.82, 2.24) is 5.32 Å². The van der Waals surface area contributed by atoms with Crippen LogP contribution >= 0.6 is 11.6 Å². The second-order valence-corrected chi connectivity index (χ2v) is 3.15. The number of methoxy groups -OCH3 is 1. The van der Waals surface area contributed by atoms with E-state index in [4.69, 9.17) is 11.6 Å².